The van der Waals surface area contributed by atoms with Crippen molar-refractivity contribution in [1.82, 2.24) is 24.5 Å². The van der Waals surface area contributed by atoms with Crippen molar-refractivity contribution in [3.05, 3.63) is 53.0 Å². The lowest BCUT2D eigenvalue weighted by Crippen LogP contribution is -2.50. The molecule has 0 radical (unpaired) electrons. The molecular formula is C22H23F3N6O3. The summed E-state index contributed by atoms with van der Waals surface area (Å²) < 4.78 is 46.8. The van der Waals surface area contributed by atoms with E-state index in [0.717, 1.165) is 6.07 Å². The molecule has 0 atom stereocenters. The van der Waals surface area contributed by atoms with Crippen molar-refractivity contribution in [3.8, 4) is 0 Å². The lowest BCUT2D eigenvalue weighted by molar-refractivity contribution is -0.142. The number of hydrogen-bond acceptors (Lipinski definition) is 7. The molecule has 1 aliphatic heterocycles. The SMILES string of the molecule is CCOC(=O)Cc1c(C)nc2ncnn2c1N1CCN(C(=O)c2ccccc2C(F)(F)F)CC1. The quantitative estimate of drug-likeness (QED) is 0.523. The van der Waals surface area contributed by atoms with Crippen molar-refractivity contribution in [2.24, 2.45) is 0 Å². The Morgan fingerprint density at radius 2 is 1.82 bits per heavy atom. The van der Waals surface area contributed by atoms with Gasteiger partial charge in [0.05, 0.1) is 24.2 Å². The second-order valence-electron chi connectivity index (χ2n) is 7.78. The van der Waals surface area contributed by atoms with Crippen LogP contribution in [0, 0.1) is 6.92 Å². The van der Waals surface area contributed by atoms with E-state index in [4.69, 9.17) is 4.74 Å². The predicted molar refractivity (Wildman–Crippen MR) is 115 cm³/mol. The van der Waals surface area contributed by atoms with E-state index in [9.17, 15) is 22.8 Å². The molecule has 1 amide bonds. The lowest BCUT2D eigenvalue weighted by atomic mass is 10.1. The fraction of sp³-hybridized carbons (Fsp3) is 0.409. The number of nitrogens with zero attached hydrogens (tertiary/aromatic N) is 6. The molecule has 0 aliphatic carbocycles. The van der Waals surface area contributed by atoms with Gasteiger partial charge < -0.3 is 14.5 Å². The first-order valence-corrected chi connectivity index (χ1v) is 10.8. The monoisotopic (exact) mass is 476 g/mol. The number of carbonyl (C=O) groups excluding carboxylic acids is 2. The first-order chi connectivity index (χ1) is 16.2. The van der Waals surface area contributed by atoms with Crippen LogP contribution in [0.3, 0.4) is 0 Å². The van der Waals surface area contributed by atoms with Crippen LogP contribution < -0.4 is 4.90 Å². The second kappa shape index (κ2) is 9.27. The van der Waals surface area contributed by atoms with E-state index in [0.29, 0.717) is 35.9 Å². The maximum absolute atomic E-state index is 13.4. The van der Waals surface area contributed by atoms with Crippen LogP contribution in [0.1, 0.15) is 34.1 Å². The van der Waals surface area contributed by atoms with Crippen molar-refractivity contribution in [1.29, 1.82) is 0 Å². The van der Waals surface area contributed by atoms with Crippen molar-refractivity contribution >= 4 is 23.5 Å². The Hall–Kier alpha value is -3.70. The summed E-state index contributed by atoms with van der Waals surface area (Å²) in [6, 6.07) is 4.78. The third kappa shape index (κ3) is 4.52. The number of aryl methyl sites for hydroxylation is 1. The van der Waals surface area contributed by atoms with E-state index in [-0.39, 0.29) is 31.7 Å². The normalized spacial score (nSPS) is 14.5. The van der Waals surface area contributed by atoms with Gasteiger partial charge in [-0.05, 0) is 26.0 Å². The zero-order valence-corrected chi connectivity index (χ0v) is 18.7. The van der Waals surface area contributed by atoms with E-state index in [2.05, 4.69) is 15.1 Å². The van der Waals surface area contributed by atoms with Crippen molar-refractivity contribution in [3.63, 3.8) is 0 Å². The van der Waals surface area contributed by atoms with Gasteiger partial charge in [0, 0.05) is 37.4 Å². The van der Waals surface area contributed by atoms with Crippen LogP contribution in [0.15, 0.2) is 30.6 Å². The minimum Gasteiger partial charge on any atom is -0.466 e. The van der Waals surface area contributed by atoms with Crippen LogP contribution in [0.25, 0.3) is 5.78 Å². The molecule has 3 aromatic rings. The van der Waals surface area contributed by atoms with E-state index in [1.807, 2.05) is 4.90 Å². The fourth-order valence-corrected chi connectivity index (χ4v) is 4.06. The molecule has 34 heavy (non-hydrogen) atoms. The Kier molecular flexibility index (Phi) is 6.40. The predicted octanol–water partition coefficient (Wildman–Crippen LogP) is 2.52. The summed E-state index contributed by atoms with van der Waals surface area (Å²) in [4.78, 5) is 37.0. The van der Waals surface area contributed by atoms with Gasteiger partial charge >= 0.3 is 12.1 Å². The summed E-state index contributed by atoms with van der Waals surface area (Å²) in [5.74, 6) is -0.115. The molecule has 9 nitrogen and oxygen atoms in total. The Labute approximate surface area is 193 Å². The molecule has 0 unspecified atom stereocenters. The van der Waals surface area contributed by atoms with Crippen LogP contribution in [0.2, 0.25) is 0 Å². The number of anilines is 1. The van der Waals surface area contributed by atoms with Gasteiger partial charge in [0.15, 0.2) is 0 Å². The van der Waals surface area contributed by atoms with E-state index in [1.165, 1.54) is 33.9 Å². The average molecular weight is 476 g/mol. The molecule has 3 heterocycles. The van der Waals surface area contributed by atoms with Gasteiger partial charge in [-0.25, -0.2) is 4.98 Å². The molecule has 0 saturated carbocycles. The minimum absolute atomic E-state index is 0.0179. The number of carbonyl (C=O) groups is 2. The smallest absolute Gasteiger partial charge is 0.417 e. The standard InChI is InChI=1S/C22H23F3N6O3/c1-3-34-18(32)12-16-14(2)28-21-26-13-27-31(21)19(16)29-8-10-30(11-9-29)20(33)15-6-4-5-7-17(15)22(23,24)25/h4-7,13H,3,8-12H2,1-2H3. The second-order valence-corrected chi connectivity index (χ2v) is 7.78. The summed E-state index contributed by atoms with van der Waals surface area (Å²) in [6.45, 7) is 4.77. The van der Waals surface area contributed by atoms with Gasteiger partial charge in [0.2, 0.25) is 0 Å². The first kappa shape index (κ1) is 23.5. The molecule has 0 N–H and O–H groups in total. The summed E-state index contributed by atoms with van der Waals surface area (Å²) in [6.07, 6.45) is -3.29. The summed E-state index contributed by atoms with van der Waals surface area (Å²) in [5, 5.41) is 4.23. The largest absolute Gasteiger partial charge is 0.466 e. The average Bonchev–Trinajstić information content (AvgIpc) is 3.26. The Balaban J connectivity index is 1.59. The van der Waals surface area contributed by atoms with Crippen molar-refractivity contribution in [2.45, 2.75) is 26.4 Å². The van der Waals surface area contributed by atoms with Crippen molar-refractivity contribution in [2.75, 3.05) is 37.7 Å². The molecule has 4 rings (SSSR count). The zero-order chi connectivity index (χ0) is 24.5. The number of rotatable bonds is 5. The van der Waals surface area contributed by atoms with E-state index in [1.54, 1.807) is 13.8 Å². The molecule has 1 saturated heterocycles. The van der Waals surface area contributed by atoms with Crippen LogP contribution in [0.4, 0.5) is 19.0 Å². The molecule has 180 valence electrons. The number of esters is 1. The highest BCUT2D eigenvalue weighted by Crippen LogP contribution is 2.33. The maximum Gasteiger partial charge on any atom is 0.417 e. The Morgan fingerprint density at radius 3 is 2.50 bits per heavy atom. The van der Waals surface area contributed by atoms with Crippen LogP contribution in [0.5, 0.6) is 0 Å². The number of ether oxygens (including phenoxy) is 1. The number of hydrogen-bond donors (Lipinski definition) is 0. The molecule has 0 bridgehead atoms. The number of alkyl halides is 3. The highest BCUT2D eigenvalue weighted by molar-refractivity contribution is 5.96. The van der Waals surface area contributed by atoms with E-state index < -0.39 is 23.6 Å². The van der Waals surface area contributed by atoms with Gasteiger partial charge in [-0.3, -0.25) is 9.59 Å². The number of aromatic nitrogens is 4. The maximum atomic E-state index is 13.4. The number of benzene rings is 1. The van der Waals surface area contributed by atoms with Gasteiger partial charge in [-0.1, -0.05) is 12.1 Å². The topological polar surface area (TPSA) is 92.9 Å². The molecule has 0 spiro atoms. The van der Waals surface area contributed by atoms with Crippen molar-refractivity contribution < 1.29 is 27.5 Å². The number of amides is 1. The molecule has 2 aromatic heterocycles. The van der Waals surface area contributed by atoms with Crippen LogP contribution >= 0.6 is 0 Å². The van der Waals surface area contributed by atoms with Gasteiger partial charge in [-0.15, -0.1) is 0 Å². The first-order valence-electron chi connectivity index (χ1n) is 10.8. The van der Waals surface area contributed by atoms with E-state index >= 15 is 0 Å². The minimum atomic E-state index is -4.62. The number of halogens is 3. The molecule has 1 aromatic carbocycles. The summed E-state index contributed by atoms with van der Waals surface area (Å²) >= 11 is 0. The molecule has 1 fully saturated rings. The highest BCUT2D eigenvalue weighted by Gasteiger charge is 2.36. The fourth-order valence-electron chi connectivity index (χ4n) is 4.06. The molecule has 1 aliphatic rings. The third-order valence-electron chi connectivity index (χ3n) is 5.66. The summed E-state index contributed by atoms with van der Waals surface area (Å²) in [5.41, 5.74) is -0.0992. The molecular weight excluding hydrogens is 453 g/mol. The Bertz CT molecular complexity index is 1220. The third-order valence-corrected chi connectivity index (χ3v) is 5.66. The highest BCUT2D eigenvalue weighted by atomic mass is 19.4. The number of piperazine rings is 1. The zero-order valence-electron chi connectivity index (χ0n) is 18.7. The van der Waals surface area contributed by atoms with Crippen LogP contribution in [-0.4, -0.2) is 69.1 Å². The van der Waals surface area contributed by atoms with Gasteiger partial charge in [-0.2, -0.15) is 27.8 Å². The lowest BCUT2D eigenvalue weighted by Gasteiger charge is -2.37. The van der Waals surface area contributed by atoms with Crippen LogP contribution in [-0.2, 0) is 22.1 Å². The Morgan fingerprint density at radius 1 is 1.12 bits per heavy atom. The number of fused-ring (bicyclic) bond motifs is 1. The van der Waals surface area contributed by atoms with Gasteiger partial charge in [0.1, 0.15) is 12.1 Å². The summed E-state index contributed by atoms with van der Waals surface area (Å²) in [7, 11) is 0. The molecule has 12 heteroatoms. The van der Waals surface area contributed by atoms with Gasteiger partial charge in [0.25, 0.3) is 11.7 Å².